The molecule has 3 atom stereocenters. The number of amides is 1. The number of fused-ring (bicyclic) bond motifs is 4. The lowest BCUT2D eigenvalue weighted by Gasteiger charge is -2.39. The molecule has 2 aliphatic heterocycles. The van der Waals surface area contributed by atoms with Gasteiger partial charge in [-0.2, -0.15) is 0 Å². The van der Waals surface area contributed by atoms with Crippen LogP contribution in [-0.2, 0) is 29.7 Å². The van der Waals surface area contributed by atoms with Crippen molar-refractivity contribution < 1.29 is 27.5 Å². The Morgan fingerprint density at radius 3 is 2.29 bits per heavy atom. The number of aromatic amines is 1. The molecule has 0 bridgehead atoms. The molecule has 0 spiro atoms. The van der Waals surface area contributed by atoms with Gasteiger partial charge in [-0.05, 0) is 69.5 Å². The van der Waals surface area contributed by atoms with Crippen LogP contribution in [-0.4, -0.2) is 55.3 Å². The van der Waals surface area contributed by atoms with Crippen LogP contribution < -0.4 is 4.31 Å². The lowest BCUT2D eigenvalue weighted by atomic mass is 9.71. The van der Waals surface area contributed by atoms with Crippen molar-refractivity contribution in [1.29, 1.82) is 0 Å². The van der Waals surface area contributed by atoms with Crippen LogP contribution in [0.3, 0.4) is 0 Å². The predicted molar refractivity (Wildman–Crippen MR) is 159 cm³/mol. The number of aryl methyl sites for hydroxylation is 1. The second-order valence-corrected chi connectivity index (χ2v) is 13.6. The Bertz CT molecular complexity index is 1810. The summed E-state index contributed by atoms with van der Waals surface area (Å²) in [4.78, 5) is 32.4. The van der Waals surface area contributed by atoms with E-state index in [9.17, 15) is 18.0 Å². The number of para-hydroxylation sites is 2. The highest BCUT2D eigenvalue weighted by Crippen LogP contribution is 2.60. The van der Waals surface area contributed by atoms with Crippen molar-refractivity contribution in [3.8, 4) is 0 Å². The lowest BCUT2D eigenvalue weighted by Crippen LogP contribution is -2.57. The molecule has 9 nitrogen and oxygen atoms in total. The van der Waals surface area contributed by atoms with E-state index in [1.165, 1.54) is 28.4 Å². The van der Waals surface area contributed by atoms with E-state index in [4.69, 9.17) is 9.47 Å². The second-order valence-electron chi connectivity index (χ2n) is 11.8. The first-order valence-electron chi connectivity index (χ1n) is 13.8. The maximum absolute atomic E-state index is 14.6. The van der Waals surface area contributed by atoms with E-state index in [1.54, 1.807) is 51.1 Å². The first kappa shape index (κ1) is 27.8. The highest BCUT2D eigenvalue weighted by molar-refractivity contribution is 7.92. The summed E-state index contributed by atoms with van der Waals surface area (Å²) in [6.07, 6.45) is -1.88. The Morgan fingerprint density at radius 1 is 0.952 bits per heavy atom. The van der Waals surface area contributed by atoms with Crippen molar-refractivity contribution >= 4 is 38.7 Å². The Morgan fingerprint density at radius 2 is 1.60 bits per heavy atom. The van der Waals surface area contributed by atoms with Gasteiger partial charge in [0, 0.05) is 16.6 Å². The van der Waals surface area contributed by atoms with Crippen LogP contribution in [0.15, 0.2) is 83.8 Å². The molecule has 3 aromatic carbocycles. The standard InChI is InChI=1S/C32H33N3O6S/c1-20-27(22-15-9-11-17-24(22)33-20)32-19-26(28(36)40-5)34(30(37)41-31(2,3)4)29(32)35(25-18-12-10-16-23(25)32)42(38,39)21-13-7-6-8-14-21/h6-18,26,29,33H,19H2,1-5H3/t26-,29-,32-/m0/s1. The fourth-order valence-corrected chi connectivity index (χ4v) is 8.40. The molecule has 1 saturated heterocycles. The van der Waals surface area contributed by atoms with E-state index in [0.717, 1.165) is 22.2 Å². The minimum Gasteiger partial charge on any atom is -0.467 e. The fourth-order valence-electron chi connectivity index (χ4n) is 6.71. The van der Waals surface area contributed by atoms with Crippen LogP contribution in [0.4, 0.5) is 10.5 Å². The SMILES string of the molecule is COC(=O)[C@@H]1C[C@@]2(c3c(C)[nH]c4ccccc34)c3ccccc3N(S(=O)(=O)c3ccccc3)[C@@H]2N1C(=O)OC(C)(C)C. The molecular weight excluding hydrogens is 554 g/mol. The van der Waals surface area contributed by atoms with Gasteiger partial charge in [-0.1, -0.05) is 54.6 Å². The molecule has 4 aromatic rings. The molecule has 2 aliphatic rings. The second kappa shape index (κ2) is 9.62. The van der Waals surface area contributed by atoms with Crippen LogP contribution in [0.5, 0.6) is 0 Å². The number of nitrogens with zero attached hydrogens (tertiary/aromatic N) is 2. The number of likely N-dealkylation sites (tertiary alicyclic amines) is 1. The average molecular weight is 588 g/mol. The number of H-pyrrole nitrogens is 1. The number of hydrogen-bond donors (Lipinski definition) is 1. The van der Waals surface area contributed by atoms with Gasteiger partial charge in [-0.25, -0.2) is 22.3 Å². The Kier molecular flexibility index (Phi) is 6.38. The van der Waals surface area contributed by atoms with E-state index in [2.05, 4.69) is 4.98 Å². The number of methoxy groups -OCH3 is 1. The number of ether oxygens (including phenoxy) is 2. The van der Waals surface area contributed by atoms with Gasteiger partial charge in [0.05, 0.1) is 23.1 Å². The number of carbonyl (C=O) groups excluding carboxylic acids is 2. The van der Waals surface area contributed by atoms with Gasteiger partial charge >= 0.3 is 12.1 Å². The number of benzene rings is 3. The molecule has 1 aromatic heterocycles. The molecule has 0 radical (unpaired) electrons. The van der Waals surface area contributed by atoms with Gasteiger partial charge < -0.3 is 14.5 Å². The summed E-state index contributed by atoms with van der Waals surface area (Å²) in [6, 6.07) is 22.0. The molecule has 10 heteroatoms. The third-order valence-corrected chi connectivity index (χ3v) is 9.90. The molecule has 42 heavy (non-hydrogen) atoms. The molecule has 1 amide bonds. The molecule has 3 heterocycles. The van der Waals surface area contributed by atoms with Gasteiger partial charge in [0.15, 0.2) is 0 Å². The first-order chi connectivity index (χ1) is 19.9. The zero-order valence-corrected chi connectivity index (χ0v) is 24.9. The number of nitrogens with one attached hydrogen (secondary N) is 1. The maximum Gasteiger partial charge on any atom is 0.412 e. The number of aromatic nitrogens is 1. The Labute approximate surface area is 245 Å². The van der Waals surface area contributed by atoms with E-state index in [1.807, 2.05) is 43.3 Å². The molecule has 0 saturated carbocycles. The summed E-state index contributed by atoms with van der Waals surface area (Å²) < 4.78 is 41.6. The number of rotatable bonds is 4. The number of sulfonamides is 1. The first-order valence-corrected chi connectivity index (χ1v) is 15.2. The van der Waals surface area contributed by atoms with Crippen molar-refractivity contribution in [3.63, 3.8) is 0 Å². The van der Waals surface area contributed by atoms with Gasteiger partial charge in [0.25, 0.3) is 10.0 Å². The van der Waals surface area contributed by atoms with Gasteiger partial charge in [0.1, 0.15) is 17.8 Å². The summed E-state index contributed by atoms with van der Waals surface area (Å²) in [5.74, 6) is -0.651. The van der Waals surface area contributed by atoms with Crippen molar-refractivity contribution in [2.45, 2.75) is 62.2 Å². The molecule has 1 fully saturated rings. The summed E-state index contributed by atoms with van der Waals surface area (Å²) in [7, 11) is -2.98. The normalized spacial score (nSPS) is 21.7. The van der Waals surface area contributed by atoms with Crippen LogP contribution in [0.1, 0.15) is 44.0 Å². The third kappa shape index (κ3) is 3.99. The maximum atomic E-state index is 14.6. The van der Waals surface area contributed by atoms with Crippen LogP contribution in [0.25, 0.3) is 10.9 Å². The number of hydrogen-bond acceptors (Lipinski definition) is 6. The monoisotopic (exact) mass is 587 g/mol. The molecule has 218 valence electrons. The fraction of sp³-hybridized carbons (Fsp3) is 0.312. The molecule has 0 aliphatic carbocycles. The Balaban J connectivity index is 1.72. The van der Waals surface area contributed by atoms with Crippen molar-refractivity contribution in [2.75, 3.05) is 11.4 Å². The Hall–Kier alpha value is -4.31. The molecule has 0 unspecified atom stereocenters. The van der Waals surface area contributed by atoms with Crippen LogP contribution >= 0.6 is 0 Å². The summed E-state index contributed by atoms with van der Waals surface area (Å²) >= 11 is 0. The van der Waals surface area contributed by atoms with Gasteiger partial charge in [0.2, 0.25) is 0 Å². The average Bonchev–Trinajstić information content (AvgIpc) is 3.56. The zero-order chi connectivity index (χ0) is 30.0. The zero-order valence-electron chi connectivity index (χ0n) is 24.1. The largest absolute Gasteiger partial charge is 0.467 e. The number of anilines is 1. The summed E-state index contributed by atoms with van der Waals surface area (Å²) in [5.41, 5.74) is 1.58. The van der Waals surface area contributed by atoms with Crippen molar-refractivity contribution in [1.82, 2.24) is 9.88 Å². The third-order valence-electron chi connectivity index (χ3n) is 8.12. The van der Waals surface area contributed by atoms with E-state index in [-0.39, 0.29) is 11.3 Å². The lowest BCUT2D eigenvalue weighted by molar-refractivity contribution is -0.146. The predicted octanol–water partition coefficient (Wildman–Crippen LogP) is 5.48. The topological polar surface area (TPSA) is 109 Å². The van der Waals surface area contributed by atoms with Gasteiger partial charge in [-0.15, -0.1) is 0 Å². The summed E-state index contributed by atoms with van der Waals surface area (Å²) in [5, 5.41) is 0.878. The van der Waals surface area contributed by atoms with E-state index < -0.39 is 45.3 Å². The molecule has 6 rings (SSSR count). The van der Waals surface area contributed by atoms with Gasteiger partial charge in [-0.3, -0.25) is 4.90 Å². The number of esters is 1. The van der Waals surface area contributed by atoms with E-state index in [0.29, 0.717) is 11.3 Å². The number of carbonyl (C=O) groups is 2. The van der Waals surface area contributed by atoms with E-state index >= 15 is 0 Å². The minimum atomic E-state index is -4.25. The minimum absolute atomic E-state index is 0.0666. The van der Waals surface area contributed by atoms with Crippen molar-refractivity contribution in [2.24, 2.45) is 0 Å². The van der Waals surface area contributed by atoms with Crippen LogP contribution in [0, 0.1) is 6.92 Å². The quantitative estimate of drug-likeness (QED) is 0.317. The van der Waals surface area contributed by atoms with Crippen molar-refractivity contribution in [3.05, 3.63) is 95.7 Å². The highest BCUT2D eigenvalue weighted by Gasteiger charge is 2.68. The highest BCUT2D eigenvalue weighted by atomic mass is 32.2. The molecule has 1 N–H and O–H groups in total. The smallest absolute Gasteiger partial charge is 0.412 e. The molecular formula is C32H33N3O6S. The van der Waals surface area contributed by atoms with Crippen LogP contribution in [0.2, 0.25) is 0 Å². The summed E-state index contributed by atoms with van der Waals surface area (Å²) in [6.45, 7) is 7.12.